The molecule has 1 aromatic rings. The molecule has 0 unspecified atom stereocenters. The molecule has 1 aliphatic rings. The molecule has 14 heavy (non-hydrogen) atoms. The molecular weight excluding hydrogens is 244 g/mol. The van der Waals surface area contributed by atoms with E-state index in [-0.39, 0.29) is 6.61 Å². The predicted molar refractivity (Wildman–Crippen MR) is 58.7 cm³/mol. The van der Waals surface area contributed by atoms with Crippen molar-refractivity contribution in [3.63, 3.8) is 0 Å². The van der Waals surface area contributed by atoms with Gasteiger partial charge < -0.3 is 9.84 Å². The van der Waals surface area contributed by atoms with E-state index in [0.717, 1.165) is 36.1 Å². The lowest BCUT2D eigenvalue weighted by Gasteiger charge is -2.07. The number of ether oxygens (including phenoxy) is 1. The molecule has 1 heterocycles. The summed E-state index contributed by atoms with van der Waals surface area (Å²) in [4.78, 5) is 0. The highest BCUT2D eigenvalue weighted by molar-refractivity contribution is 9.10. The van der Waals surface area contributed by atoms with E-state index in [1.165, 1.54) is 11.1 Å². The molecule has 0 bridgehead atoms. The van der Waals surface area contributed by atoms with Crippen LogP contribution in [0.25, 0.3) is 0 Å². The van der Waals surface area contributed by atoms with Crippen LogP contribution in [0, 0.1) is 0 Å². The summed E-state index contributed by atoms with van der Waals surface area (Å²) in [7, 11) is 0. The molecule has 1 N–H and O–H groups in total. The number of aliphatic hydroxyl groups excluding tert-OH is 1. The Kier molecular flexibility index (Phi) is 3.08. The van der Waals surface area contributed by atoms with Crippen molar-refractivity contribution in [1.29, 1.82) is 0 Å². The summed E-state index contributed by atoms with van der Waals surface area (Å²) < 4.78 is 6.69. The van der Waals surface area contributed by atoms with Gasteiger partial charge in [-0.1, -0.05) is 15.9 Å². The maximum absolute atomic E-state index is 8.79. The standard InChI is InChI=1S/C11H13BrO2/c12-10-6-8(2-1-4-13)11-9(7-10)3-5-14-11/h6-7,13H,1-5H2. The van der Waals surface area contributed by atoms with Crippen molar-refractivity contribution >= 4 is 15.9 Å². The van der Waals surface area contributed by atoms with Crippen LogP contribution in [0.1, 0.15) is 17.5 Å². The van der Waals surface area contributed by atoms with Crippen LogP contribution in [-0.4, -0.2) is 18.3 Å². The maximum atomic E-state index is 8.79. The highest BCUT2D eigenvalue weighted by Crippen LogP contribution is 2.33. The molecule has 1 aromatic carbocycles. The first-order valence-electron chi connectivity index (χ1n) is 4.86. The van der Waals surface area contributed by atoms with E-state index in [1.807, 2.05) is 0 Å². The van der Waals surface area contributed by atoms with Crippen LogP contribution in [0.15, 0.2) is 16.6 Å². The van der Waals surface area contributed by atoms with Gasteiger partial charge in [0.05, 0.1) is 6.61 Å². The maximum Gasteiger partial charge on any atom is 0.125 e. The zero-order valence-corrected chi connectivity index (χ0v) is 9.51. The second kappa shape index (κ2) is 4.32. The summed E-state index contributed by atoms with van der Waals surface area (Å²) in [5, 5.41) is 8.79. The number of fused-ring (bicyclic) bond motifs is 1. The molecule has 0 atom stereocenters. The van der Waals surface area contributed by atoms with Gasteiger partial charge in [0.1, 0.15) is 5.75 Å². The van der Waals surface area contributed by atoms with Crippen LogP contribution in [0.3, 0.4) is 0 Å². The van der Waals surface area contributed by atoms with Gasteiger partial charge in [0, 0.05) is 17.5 Å². The lowest BCUT2D eigenvalue weighted by Crippen LogP contribution is -1.94. The Labute approximate surface area is 92.0 Å². The Morgan fingerprint density at radius 1 is 1.43 bits per heavy atom. The van der Waals surface area contributed by atoms with Crippen LogP contribution < -0.4 is 4.74 Å². The Bertz CT molecular complexity index is 336. The second-order valence-corrected chi connectivity index (χ2v) is 4.39. The number of hydrogen-bond donors (Lipinski definition) is 1. The summed E-state index contributed by atoms with van der Waals surface area (Å²) in [6.45, 7) is 1.03. The summed E-state index contributed by atoms with van der Waals surface area (Å²) in [5.74, 6) is 1.04. The lowest BCUT2D eigenvalue weighted by atomic mass is 10.0. The molecular formula is C11H13BrO2. The van der Waals surface area contributed by atoms with Crippen LogP contribution in [0.2, 0.25) is 0 Å². The molecule has 0 amide bonds. The van der Waals surface area contributed by atoms with E-state index in [1.54, 1.807) is 0 Å². The highest BCUT2D eigenvalue weighted by atomic mass is 79.9. The monoisotopic (exact) mass is 256 g/mol. The normalized spacial score (nSPS) is 13.9. The minimum Gasteiger partial charge on any atom is -0.493 e. The minimum atomic E-state index is 0.237. The van der Waals surface area contributed by atoms with Crippen LogP contribution >= 0.6 is 15.9 Å². The summed E-state index contributed by atoms with van der Waals surface area (Å²) in [6.07, 6.45) is 2.69. The number of halogens is 1. The smallest absolute Gasteiger partial charge is 0.125 e. The van der Waals surface area contributed by atoms with Crippen molar-refractivity contribution in [2.45, 2.75) is 19.3 Å². The lowest BCUT2D eigenvalue weighted by molar-refractivity contribution is 0.287. The first-order chi connectivity index (χ1) is 6.81. The molecule has 0 radical (unpaired) electrons. The van der Waals surface area contributed by atoms with Crippen molar-refractivity contribution < 1.29 is 9.84 Å². The Balaban J connectivity index is 2.29. The first-order valence-corrected chi connectivity index (χ1v) is 5.65. The SMILES string of the molecule is OCCCc1cc(Br)cc2c1OCC2. The van der Waals surface area contributed by atoms with Gasteiger partial charge >= 0.3 is 0 Å². The number of aliphatic hydroxyl groups is 1. The van der Waals surface area contributed by atoms with E-state index < -0.39 is 0 Å². The third kappa shape index (κ3) is 1.93. The zero-order chi connectivity index (χ0) is 9.97. The molecule has 0 aliphatic carbocycles. The summed E-state index contributed by atoms with van der Waals surface area (Å²) >= 11 is 3.49. The van der Waals surface area contributed by atoms with Crippen molar-refractivity contribution in [3.8, 4) is 5.75 Å². The second-order valence-electron chi connectivity index (χ2n) is 3.48. The van der Waals surface area contributed by atoms with E-state index in [9.17, 15) is 0 Å². The average Bonchev–Trinajstić information content (AvgIpc) is 2.61. The number of aryl methyl sites for hydroxylation is 1. The van der Waals surface area contributed by atoms with Gasteiger partial charge in [-0.25, -0.2) is 0 Å². The number of rotatable bonds is 3. The van der Waals surface area contributed by atoms with Gasteiger partial charge in [0.25, 0.3) is 0 Å². The third-order valence-electron chi connectivity index (χ3n) is 2.43. The highest BCUT2D eigenvalue weighted by Gasteiger charge is 2.16. The van der Waals surface area contributed by atoms with Gasteiger partial charge in [-0.2, -0.15) is 0 Å². The number of benzene rings is 1. The van der Waals surface area contributed by atoms with Crippen molar-refractivity contribution in [1.82, 2.24) is 0 Å². The number of hydrogen-bond acceptors (Lipinski definition) is 2. The predicted octanol–water partition coefficient (Wildman–Crippen LogP) is 2.31. The van der Waals surface area contributed by atoms with Gasteiger partial charge in [-0.15, -0.1) is 0 Å². The van der Waals surface area contributed by atoms with Crippen molar-refractivity contribution in [3.05, 3.63) is 27.7 Å². The Morgan fingerprint density at radius 2 is 2.29 bits per heavy atom. The third-order valence-corrected chi connectivity index (χ3v) is 2.89. The topological polar surface area (TPSA) is 29.5 Å². The van der Waals surface area contributed by atoms with E-state index in [2.05, 4.69) is 28.1 Å². The van der Waals surface area contributed by atoms with E-state index in [4.69, 9.17) is 9.84 Å². The zero-order valence-electron chi connectivity index (χ0n) is 7.92. The van der Waals surface area contributed by atoms with Crippen LogP contribution in [-0.2, 0) is 12.8 Å². The van der Waals surface area contributed by atoms with Crippen molar-refractivity contribution in [2.24, 2.45) is 0 Å². The molecule has 0 aromatic heterocycles. The van der Waals surface area contributed by atoms with Crippen LogP contribution in [0.4, 0.5) is 0 Å². The van der Waals surface area contributed by atoms with Gasteiger partial charge in [-0.05, 0) is 36.1 Å². The Morgan fingerprint density at radius 3 is 3.07 bits per heavy atom. The fourth-order valence-electron chi connectivity index (χ4n) is 1.80. The Hall–Kier alpha value is -0.540. The van der Waals surface area contributed by atoms with Gasteiger partial charge in [0.2, 0.25) is 0 Å². The molecule has 76 valence electrons. The van der Waals surface area contributed by atoms with E-state index >= 15 is 0 Å². The molecule has 0 fully saturated rings. The minimum absolute atomic E-state index is 0.237. The van der Waals surface area contributed by atoms with Crippen molar-refractivity contribution in [2.75, 3.05) is 13.2 Å². The molecule has 0 spiro atoms. The summed E-state index contributed by atoms with van der Waals surface area (Å²) in [6, 6.07) is 4.20. The molecule has 0 saturated heterocycles. The molecule has 0 saturated carbocycles. The first kappa shape index (κ1) is 9.99. The molecule has 2 nitrogen and oxygen atoms in total. The molecule has 2 rings (SSSR count). The molecule has 3 heteroatoms. The quantitative estimate of drug-likeness (QED) is 0.900. The fraction of sp³-hybridized carbons (Fsp3) is 0.455. The average molecular weight is 257 g/mol. The van der Waals surface area contributed by atoms with Crippen LogP contribution in [0.5, 0.6) is 5.75 Å². The summed E-state index contributed by atoms with van der Waals surface area (Å²) in [5.41, 5.74) is 2.49. The largest absolute Gasteiger partial charge is 0.493 e. The van der Waals surface area contributed by atoms with E-state index in [0.29, 0.717) is 0 Å². The van der Waals surface area contributed by atoms with Gasteiger partial charge in [-0.3, -0.25) is 0 Å². The fourth-order valence-corrected chi connectivity index (χ4v) is 2.35. The van der Waals surface area contributed by atoms with Gasteiger partial charge in [0.15, 0.2) is 0 Å². The molecule has 1 aliphatic heterocycles.